The number of esters is 1. The van der Waals surface area contributed by atoms with Crippen molar-refractivity contribution in [2.75, 3.05) is 33.2 Å². The summed E-state index contributed by atoms with van der Waals surface area (Å²) < 4.78 is 11.7. The summed E-state index contributed by atoms with van der Waals surface area (Å²) >= 11 is 0. The molecular weight excluding hydrogens is 510 g/mol. The number of nitrogens with zero attached hydrogens (tertiary/aromatic N) is 3. The second-order valence-electron chi connectivity index (χ2n) is 11.3. The van der Waals surface area contributed by atoms with Crippen LogP contribution in [0.3, 0.4) is 0 Å². The Morgan fingerprint density at radius 1 is 1.25 bits per heavy atom. The van der Waals surface area contributed by atoms with E-state index in [0.29, 0.717) is 13.1 Å². The standard InChI is InChI=1S/C31H45N3O6/c1-22(26-11-6-7-16-32-26)9-8-10-23(2)29-24(3)12-13-27(39-30(37)34-19-17-33(5)18-20-34)31(4,38)15-14-25(35)21-28(36)40-29/h6-13,16,22,24-25,27,29,35,38H,14-15,17-21H2,1-5H3/b9-8+,13-12-,23-10+/t22-,24-,25-,27-,29+,31-/m0/s1. The molecule has 3 rings (SSSR count). The number of carbonyl (C=O) groups excluding carboxylic acids is 2. The van der Waals surface area contributed by atoms with Crippen molar-refractivity contribution in [2.45, 2.75) is 76.8 Å². The van der Waals surface area contributed by atoms with Gasteiger partial charge in [0.25, 0.3) is 0 Å². The predicted octanol–water partition coefficient (Wildman–Crippen LogP) is 3.84. The number of aliphatic hydroxyl groups excluding tert-OH is 1. The minimum atomic E-state index is -1.44. The Labute approximate surface area is 238 Å². The third-order valence-electron chi connectivity index (χ3n) is 7.68. The Balaban J connectivity index is 1.81. The zero-order valence-corrected chi connectivity index (χ0v) is 24.4. The largest absolute Gasteiger partial charge is 0.457 e. The second-order valence-corrected chi connectivity index (χ2v) is 11.3. The highest BCUT2D eigenvalue weighted by Gasteiger charge is 2.36. The van der Waals surface area contributed by atoms with Gasteiger partial charge < -0.3 is 29.5 Å². The Hall–Kier alpha value is -3.01. The number of cyclic esters (lactones) is 1. The first-order chi connectivity index (χ1) is 19.0. The lowest BCUT2D eigenvalue weighted by Crippen LogP contribution is -2.50. The number of pyridine rings is 1. The Kier molecular flexibility index (Phi) is 11.5. The molecule has 1 fully saturated rings. The van der Waals surface area contributed by atoms with Gasteiger partial charge in [-0.1, -0.05) is 44.2 Å². The Bertz CT molecular complexity index is 1060. The summed E-state index contributed by atoms with van der Waals surface area (Å²) in [5.41, 5.74) is 0.337. The predicted molar refractivity (Wildman–Crippen MR) is 154 cm³/mol. The lowest BCUT2D eigenvalue weighted by Gasteiger charge is -2.36. The molecule has 220 valence electrons. The Morgan fingerprint density at radius 2 is 1.98 bits per heavy atom. The molecule has 0 spiro atoms. The van der Waals surface area contributed by atoms with E-state index in [0.717, 1.165) is 24.4 Å². The number of allylic oxidation sites excluding steroid dienone is 3. The van der Waals surface area contributed by atoms with Crippen molar-refractivity contribution < 1.29 is 29.3 Å². The first-order valence-electron chi connectivity index (χ1n) is 14.1. The van der Waals surface area contributed by atoms with E-state index >= 15 is 0 Å². The fraction of sp³-hybridized carbons (Fsp3) is 0.581. The van der Waals surface area contributed by atoms with Crippen molar-refractivity contribution in [2.24, 2.45) is 5.92 Å². The van der Waals surface area contributed by atoms with Gasteiger partial charge >= 0.3 is 12.1 Å². The van der Waals surface area contributed by atoms with Gasteiger partial charge in [-0.05, 0) is 57.5 Å². The molecule has 3 heterocycles. The van der Waals surface area contributed by atoms with Crippen LogP contribution in [-0.4, -0.2) is 94.2 Å². The number of hydrogen-bond donors (Lipinski definition) is 2. The van der Waals surface area contributed by atoms with Crippen LogP contribution in [0.15, 0.2) is 60.3 Å². The molecule has 1 amide bonds. The monoisotopic (exact) mass is 555 g/mol. The van der Waals surface area contributed by atoms with Gasteiger partial charge in [-0.25, -0.2) is 4.79 Å². The van der Waals surface area contributed by atoms with Crippen LogP contribution in [0, 0.1) is 5.92 Å². The zero-order valence-electron chi connectivity index (χ0n) is 24.4. The maximum atomic E-state index is 13.0. The lowest BCUT2D eigenvalue weighted by molar-refractivity contribution is -0.151. The smallest absolute Gasteiger partial charge is 0.410 e. The molecule has 2 aliphatic rings. The number of carbonyl (C=O) groups is 2. The molecular formula is C31H45N3O6. The molecule has 40 heavy (non-hydrogen) atoms. The molecule has 0 aliphatic carbocycles. The van der Waals surface area contributed by atoms with E-state index in [-0.39, 0.29) is 31.1 Å². The molecule has 0 bridgehead atoms. The number of ether oxygens (including phenoxy) is 2. The first kappa shape index (κ1) is 31.5. The van der Waals surface area contributed by atoms with Gasteiger partial charge in [-0.2, -0.15) is 0 Å². The minimum Gasteiger partial charge on any atom is -0.457 e. The summed E-state index contributed by atoms with van der Waals surface area (Å²) in [4.78, 5) is 33.9. The van der Waals surface area contributed by atoms with Gasteiger partial charge in [0.2, 0.25) is 0 Å². The molecule has 0 aromatic carbocycles. The van der Waals surface area contributed by atoms with Gasteiger partial charge in [0.1, 0.15) is 11.7 Å². The molecule has 9 nitrogen and oxygen atoms in total. The summed E-state index contributed by atoms with van der Waals surface area (Å²) in [6, 6.07) is 5.80. The van der Waals surface area contributed by atoms with Gasteiger partial charge in [-0.3, -0.25) is 9.78 Å². The molecule has 9 heteroatoms. The quantitative estimate of drug-likeness (QED) is 0.320. The van der Waals surface area contributed by atoms with Crippen molar-refractivity contribution in [1.82, 2.24) is 14.8 Å². The van der Waals surface area contributed by atoms with Crippen molar-refractivity contribution >= 4 is 12.1 Å². The van der Waals surface area contributed by atoms with Crippen molar-refractivity contribution in [1.29, 1.82) is 0 Å². The minimum absolute atomic E-state index is 0.106. The summed E-state index contributed by atoms with van der Waals surface area (Å²) in [5.74, 6) is -0.692. The van der Waals surface area contributed by atoms with E-state index in [2.05, 4.69) is 16.8 Å². The van der Waals surface area contributed by atoms with E-state index in [1.165, 1.54) is 0 Å². The number of likely N-dealkylation sites (N-methyl/N-ethyl adjacent to an activating group) is 1. The summed E-state index contributed by atoms with van der Waals surface area (Å²) in [6.45, 7) is 10.1. The molecule has 1 aromatic heterocycles. The maximum absolute atomic E-state index is 13.0. The van der Waals surface area contributed by atoms with Crippen LogP contribution in [0.25, 0.3) is 0 Å². The molecule has 0 saturated carbocycles. The topological polar surface area (TPSA) is 112 Å². The van der Waals surface area contributed by atoms with E-state index in [1.807, 2.05) is 63.4 Å². The third-order valence-corrected chi connectivity index (χ3v) is 7.68. The summed E-state index contributed by atoms with van der Waals surface area (Å²) in [7, 11) is 2.01. The van der Waals surface area contributed by atoms with Crippen LogP contribution in [-0.2, 0) is 14.3 Å². The highest BCUT2D eigenvalue weighted by atomic mass is 16.6. The number of aliphatic hydroxyl groups is 2. The molecule has 0 unspecified atom stereocenters. The van der Waals surface area contributed by atoms with Gasteiger partial charge in [0.05, 0.1) is 12.5 Å². The normalized spacial score (nSPS) is 31.1. The van der Waals surface area contributed by atoms with Crippen LogP contribution < -0.4 is 0 Å². The fourth-order valence-corrected chi connectivity index (χ4v) is 4.84. The molecule has 1 aromatic rings. The van der Waals surface area contributed by atoms with Crippen LogP contribution in [0.1, 0.15) is 58.6 Å². The van der Waals surface area contributed by atoms with Crippen molar-refractivity contribution in [3.8, 4) is 0 Å². The summed E-state index contributed by atoms with van der Waals surface area (Å²) in [5, 5.41) is 21.8. The number of aromatic nitrogens is 1. The highest BCUT2D eigenvalue weighted by molar-refractivity contribution is 5.70. The summed E-state index contributed by atoms with van der Waals surface area (Å²) in [6.07, 6.45) is 8.23. The van der Waals surface area contributed by atoms with Gasteiger partial charge in [0, 0.05) is 49.9 Å². The van der Waals surface area contributed by atoms with Crippen LogP contribution in [0.5, 0.6) is 0 Å². The van der Waals surface area contributed by atoms with Gasteiger partial charge in [0.15, 0.2) is 6.10 Å². The lowest BCUT2D eigenvalue weighted by atomic mass is 9.88. The SMILES string of the molecule is C/C(=C\C=C\[C@H](C)c1ccccn1)[C@H]1OC(=O)C[C@@H](O)CC[C@](C)(O)[C@@H](OC(=O)N2CCN(C)CC2)/C=C\[C@@H]1C. The van der Waals surface area contributed by atoms with Crippen LogP contribution in [0.4, 0.5) is 4.79 Å². The van der Waals surface area contributed by atoms with Crippen molar-refractivity contribution in [3.63, 3.8) is 0 Å². The fourth-order valence-electron chi connectivity index (χ4n) is 4.84. The number of piperazine rings is 1. The number of hydrogen-bond acceptors (Lipinski definition) is 8. The van der Waals surface area contributed by atoms with E-state index < -0.39 is 36.0 Å². The van der Waals surface area contributed by atoms with E-state index in [9.17, 15) is 19.8 Å². The van der Waals surface area contributed by atoms with Gasteiger partial charge in [-0.15, -0.1) is 0 Å². The van der Waals surface area contributed by atoms with E-state index in [1.54, 1.807) is 24.1 Å². The number of amides is 1. The van der Waals surface area contributed by atoms with Crippen LogP contribution >= 0.6 is 0 Å². The third kappa shape index (κ3) is 9.28. The Morgan fingerprint density at radius 3 is 2.65 bits per heavy atom. The first-order valence-corrected chi connectivity index (χ1v) is 14.1. The van der Waals surface area contributed by atoms with E-state index in [4.69, 9.17) is 9.47 Å². The average molecular weight is 556 g/mol. The van der Waals surface area contributed by atoms with Crippen molar-refractivity contribution in [3.05, 3.63) is 66.0 Å². The molecule has 2 N–H and O–H groups in total. The van der Waals surface area contributed by atoms with Crippen LogP contribution in [0.2, 0.25) is 0 Å². The highest BCUT2D eigenvalue weighted by Crippen LogP contribution is 2.27. The number of rotatable bonds is 5. The molecule has 2 aliphatic heterocycles. The molecule has 0 radical (unpaired) electrons. The second kappa shape index (κ2) is 14.6. The maximum Gasteiger partial charge on any atom is 0.410 e. The molecule has 1 saturated heterocycles. The zero-order chi connectivity index (χ0) is 29.3. The molecule has 6 atom stereocenters. The average Bonchev–Trinajstić information content (AvgIpc) is 2.92.